The van der Waals surface area contributed by atoms with Gasteiger partial charge in [0.2, 0.25) is 0 Å². The molecule has 1 aromatic carbocycles. The smallest absolute Gasteiger partial charge is 0.0654 e. The van der Waals surface area contributed by atoms with Gasteiger partial charge in [-0.3, -0.25) is 0 Å². The summed E-state index contributed by atoms with van der Waals surface area (Å²) in [5, 5.41) is 10.2. The van der Waals surface area contributed by atoms with E-state index < -0.39 is 0 Å². The summed E-state index contributed by atoms with van der Waals surface area (Å²) in [6.45, 7) is 6.06. The molecule has 2 unspecified atom stereocenters. The summed E-state index contributed by atoms with van der Waals surface area (Å²) >= 11 is 1.85. The van der Waals surface area contributed by atoms with Crippen LogP contribution in [-0.4, -0.2) is 17.0 Å². The van der Waals surface area contributed by atoms with Gasteiger partial charge in [0.05, 0.1) is 6.10 Å². The Hall–Kier alpha value is -0.730. The molecule has 16 heavy (non-hydrogen) atoms. The molecule has 0 radical (unpaired) electrons. The molecule has 2 rings (SSSR count). The Morgan fingerprint density at radius 1 is 1.56 bits per heavy atom. The number of aliphatic hydroxyl groups is 1. The van der Waals surface area contributed by atoms with Crippen LogP contribution in [0, 0.1) is 0 Å². The van der Waals surface area contributed by atoms with Gasteiger partial charge < -0.3 is 5.11 Å². The summed E-state index contributed by atoms with van der Waals surface area (Å²) in [5.41, 5.74) is 2.45. The van der Waals surface area contributed by atoms with Gasteiger partial charge in [-0.25, -0.2) is 0 Å². The largest absolute Gasteiger partial charge is 0.392 e. The SMILES string of the molecule is C=C(CC)CC(O)C1CSc2ccccc21. The molecule has 1 aliphatic heterocycles. The van der Waals surface area contributed by atoms with Crippen LogP contribution in [0.3, 0.4) is 0 Å². The van der Waals surface area contributed by atoms with E-state index in [4.69, 9.17) is 0 Å². The zero-order valence-corrected chi connectivity index (χ0v) is 10.5. The van der Waals surface area contributed by atoms with Gasteiger partial charge in [-0.05, 0) is 24.5 Å². The molecule has 0 spiro atoms. The van der Waals surface area contributed by atoms with Crippen molar-refractivity contribution in [3.05, 3.63) is 42.0 Å². The quantitative estimate of drug-likeness (QED) is 0.803. The van der Waals surface area contributed by atoms with Crippen molar-refractivity contribution in [3.63, 3.8) is 0 Å². The summed E-state index contributed by atoms with van der Waals surface area (Å²) in [4.78, 5) is 1.33. The Labute approximate surface area is 102 Å². The van der Waals surface area contributed by atoms with E-state index in [-0.39, 0.29) is 12.0 Å². The third kappa shape index (κ3) is 2.33. The van der Waals surface area contributed by atoms with Crippen LogP contribution < -0.4 is 0 Å². The molecular weight excluding hydrogens is 216 g/mol. The topological polar surface area (TPSA) is 20.2 Å². The molecule has 1 aromatic rings. The monoisotopic (exact) mass is 234 g/mol. The van der Waals surface area contributed by atoms with Gasteiger partial charge in [0.15, 0.2) is 0 Å². The first-order chi connectivity index (χ1) is 7.72. The fourth-order valence-corrected chi connectivity index (χ4v) is 3.41. The molecule has 1 aliphatic rings. The zero-order valence-electron chi connectivity index (χ0n) is 9.65. The van der Waals surface area contributed by atoms with E-state index >= 15 is 0 Å². The number of fused-ring (bicyclic) bond motifs is 1. The highest BCUT2D eigenvalue weighted by molar-refractivity contribution is 7.99. The molecule has 0 aromatic heterocycles. The van der Waals surface area contributed by atoms with Gasteiger partial charge >= 0.3 is 0 Å². The van der Waals surface area contributed by atoms with Gasteiger partial charge in [-0.2, -0.15) is 0 Å². The van der Waals surface area contributed by atoms with Crippen molar-refractivity contribution in [2.24, 2.45) is 0 Å². The molecule has 0 aliphatic carbocycles. The Kier molecular flexibility index (Phi) is 3.72. The molecule has 0 bridgehead atoms. The lowest BCUT2D eigenvalue weighted by Crippen LogP contribution is -2.18. The number of hydrogen-bond donors (Lipinski definition) is 1. The normalized spacial score (nSPS) is 20.5. The molecule has 0 amide bonds. The number of hydrogen-bond acceptors (Lipinski definition) is 2. The minimum Gasteiger partial charge on any atom is -0.392 e. The molecule has 86 valence electrons. The number of thioether (sulfide) groups is 1. The molecular formula is C14H18OS. The Bertz CT molecular complexity index is 386. The minimum absolute atomic E-state index is 0.274. The third-order valence-corrected chi connectivity index (χ3v) is 4.41. The van der Waals surface area contributed by atoms with Crippen molar-refractivity contribution in [1.29, 1.82) is 0 Å². The predicted molar refractivity (Wildman–Crippen MR) is 70.0 cm³/mol. The second-order valence-corrected chi connectivity index (χ2v) is 5.39. The van der Waals surface area contributed by atoms with Crippen LogP contribution in [0.15, 0.2) is 41.3 Å². The van der Waals surface area contributed by atoms with E-state index in [9.17, 15) is 5.11 Å². The van der Waals surface area contributed by atoms with E-state index in [1.54, 1.807) is 0 Å². The van der Waals surface area contributed by atoms with Crippen LogP contribution >= 0.6 is 11.8 Å². The van der Waals surface area contributed by atoms with E-state index in [0.29, 0.717) is 0 Å². The van der Waals surface area contributed by atoms with Crippen molar-refractivity contribution < 1.29 is 5.11 Å². The predicted octanol–water partition coefficient (Wildman–Crippen LogP) is 3.59. The maximum atomic E-state index is 10.2. The summed E-state index contributed by atoms with van der Waals surface area (Å²) in [6.07, 6.45) is 1.41. The molecule has 0 saturated heterocycles. The average Bonchev–Trinajstić information content (AvgIpc) is 2.72. The van der Waals surface area contributed by atoms with Crippen molar-refractivity contribution in [1.82, 2.24) is 0 Å². The van der Waals surface area contributed by atoms with E-state index in [1.807, 2.05) is 11.8 Å². The van der Waals surface area contributed by atoms with E-state index in [2.05, 4.69) is 37.8 Å². The Balaban J connectivity index is 2.10. The maximum Gasteiger partial charge on any atom is 0.0654 e. The van der Waals surface area contributed by atoms with Gasteiger partial charge in [-0.1, -0.05) is 37.3 Å². The zero-order chi connectivity index (χ0) is 11.5. The van der Waals surface area contributed by atoms with Gasteiger partial charge in [0, 0.05) is 16.6 Å². The average molecular weight is 234 g/mol. The molecule has 0 fully saturated rings. The van der Waals surface area contributed by atoms with Crippen molar-refractivity contribution in [3.8, 4) is 0 Å². The number of rotatable bonds is 4. The molecule has 1 N–H and O–H groups in total. The van der Waals surface area contributed by atoms with Crippen molar-refractivity contribution in [2.75, 3.05) is 5.75 Å². The fourth-order valence-electron chi connectivity index (χ4n) is 2.09. The van der Waals surface area contributed by atoms with Gasteiger partial charge in [0.1, 0.15) is 0 Å². The first kappa shape index (κ1) is 11.7. The van der Waals surface area contributed by atoms with Crippen molar-refractivity contribution in [2.45, 2.75) is 36.7 Å². The lowest BCUT2D eigenvalue weighted by Gasteiger charge is -2.19. The van der Waals surface area contributed by atoms with Crippen LogP contribution in [0.25, 0.3) is 0 Å². The standard InChI is InChI=1S/C14H18OS/c1-3-10(2)8-13(15)12-9-16-14-7-5-4-6-11(12)14/h4-7,12-13,15H,2-3,8-9H2,1H3. The Morgan fingerprint density at radius 3 is 3.06 bits per heavy atom. The molecule has 2 heteroatoms. The van der Waals surface area contributed by atoms with Crippen LogP contribution in [0.2, 0.25) is 0 Å². The summed E-state index contributed by atoms with van der Waals surface area (Å²) in [5.74, 6) is 1.28. The van der Waals surface area contributed by atoms with Crippen molar-refractivity contribution >= 4 is 11.8 Å². The van der Waals surface area contributed by atoms with E-state index in [0.717, 1.165) is 24.2 Å². The van der Waals surface area contributed by atoms with E-state index in [1.165, 1.54) is 10.5 Å². The highest BCUT2D eigenvalue weighted by Gasteiger charge is 2.28. The summed E-state index contributed by atoms with van der Waals surface area (Å²) in [6, 6.07) is 8.39. The van der Waals surface area contributed by atoms with Crippen LogP contribution in [0.1, 0.15) is 31.2 Å². The highest BCUT2D eigenvalue weighted by atomic mass is 32.2. The highest BCUT2D eigenvalue weighted by Crippen LogP contribution is 2.42. The first-order valence-corrected chi connectivity index (χ1v) is 6.77. The number of aliphatic hydroxyl groups excluding tert-OH is 1. The summed E-state index contributed by atoms with van der Waals surface area (Å²) < 4.78 is 0. The molecule has 1 nitrogen and oxygen atoms in total. The maximum absolute atomic E-state index is 10.2. The van der Waals surface area contributed by atoms with Crippen LogP contribution in [0.5, 0.6) is 0 Å². The first-order valence-electron chi connectivity index (χ1n) is 5.78. The van der Waals surface area contributed by atoms with Gasteiger partial charge in [0.25, 0.3) is 0 Å². The lowest BCUT2D eigenvalue weighted by atomic mass is 9.91. The van der Waals surface area contributed by atoms with Gasteiger partial charge in [-0.15, -0.1) is 11.8 Å². The Morgan fingerprint density at radius 2 is 2.31 bits per heavy atom. The van der Waals surface area contributed by atoms with Crippen LogP contribution in [0.4, 0.5) is 0 Å². The molecule has 1 heterocycles. The summed E-state index contributed by atoms with van der Waals surface area (Å²) in [7, 11) is 0. The minimum atomic E-state index is -0.274. The number of benzene rings is 1. The second kappa shape index (κ2) is 5.07. The lowest BCUT2D eigenvalue weighted by molar-refractivity contribution is 0.151. The third-order valence-electron chi connectivity index (χ3n) is 3.20. The molecule has 0 saturated carbocycles. The second-order valence-electron chi connectivity index (χ2n) is 4.33. The molecule has 2 atom stereocenters. The van der Waals surface area contributed by atoms with Crippen LogP contribution in [-0.2, 0) is 0 Å². The fraction of sp³-hybridized carbons (Fsp3) is 0.429.